The summed E-state index contributed by atoms with van der Waals surface area (Å²) in [5, 5.41) is 3.98. The minimum Gasteiger partial charge on any atom is -0.497 e. The smallest absolute Gasteiger partial charge is 0.238 e. The van der Waals surface area contributed by atoms with Gasteiger partial charge in [0.1, 0.15) is 5.75 Å². The molecule has 1 heterocycles. The maximum absolute atomic E-state index is 12.4. The van der Waals surface area contributed by atoms with Crippen LogP contribution in [0.1, 0.15) is 11.1 Å². The highest BCUT2D eigenvalue weighted by molar-refractivity contribution is 7.98. The van der Waals surface area contributed by atoms with Crippen molar-refractivity contribution in [2.75, 3.05) is 26.0 Å². The lowest BCUT2D eigenvalue weighted by Gasteiger charge is -2.17. The number of rotatable bonds is 9. The van der Waals surface area contributed by atoms with Crippen LogP contribution in [0.2, 0.25) is 0 Å². The molecule has 0 fully saturated rings. The monoisotopic (exact) mass is 407 g/mol. The van der Waals surface area contributed by atoms with Gasteiger partial charge in [0.25, 0.3) is 0 Å². The van der Waals surface area contributed by atoms with Crippen molar-refractivity contribution in [2.45, 2.75) is 17.3 Å². The number of hydrogen-bond acceptors (Lipinski definition) is 5. The Bertz CT molecular complexity index is 934. The van der Waals surface area contributed by atoms with E-state index in [2.05, 4.69) is 16.4 Å². The Morgan fingerprint density at radius 2 is 1.90 bits per heavy atom. The Hall–Kier alpha value is -2.83. The lowest BCUT2D eigenvalue weighted by atomic mass is 10.2. The molecule has 29 heavy (non-hydrogen) atoms. The molecule has 0 spiro atoms. The zero-order valence-electron chi connectivity index (χ0n) is 16.7. The molecule has 150 valence electrons. The summed E-state index contributed by atoms with van der Waals surface area (Å²) in [7, 11) is 3.58. The lowest BCUT2D eigenvalue weighted by Crippen LogP contribution is -2.29. The van der Waals surface area contributed by atoms with Gasteiger partial charge >= 0.3 is 0 Å². The number of likely N-dealkylation sites (N-methyl/N-ethyl adjacent to an activating group) is 1. The number of aromatic nitrogens is 1. The highest BCUT2D eigenvalue weighted by atomic mass is 32.2. The lowest BCUT2D eigenvalue weighted by molar-refractivity contribution is -0.117. The number of anilines is 1. The van der Waals surface area contributed by atoms with Crippen molar-refractivity contribution >= 4 is 23.4 Å². The van der Waals surface area contributed by atoms with Gasteiger partial charge in [-0.25, -0.2) is 4.98 Å². The van der Waals surface area contributed by atoms with Crippen LogP contribution in [0, 0.1) is 0 Å². The molecule has 0 saturated heterocycles. The molecule has 0 aliphatic rings. The number of methoxy groups -OCH3 is 1. The maximum atomic E-state index is 12.4. The van der Waals surface area contributed by atoms with Gasteiger partial charge in [-0.2, -0.15) is 0 Å². The third-order valence-electron chi connectivity index (χ3n) is 4.24. The molecular weight excluding hydrogens is 382 g/mol. The molecule has 1 N–H and O–H groups in total. The van der Waals surface area contributed by atoms with Crippen LogP contribution in [0.3, 0.4) is 0 Å². The summed E-state index contributed by atoms with van der Waals surface area (Å²) < 4.78 is 5.25. The molecule has 3 aromatic rings. The number of thioether (sulfide) groups is 1. The Kier molecular flexibility index (Phi) is 7.67. The zero-order chi connectivity index (χ0) is 20.5. The topological polar surface area (TPSA) is 54.5 Å². The van der Waals surface area contributed by atoms with Gasteiger partial charge in [0, 0.05) is 24.2 Å². The number of nitrogens with zero attached hydrogens (tertiary/aromatic N) is 2. The average Bonchev–Trinajstić information content (AvgIpc) is 2.73. The predicted molar refractivity (Wildman–Crippen MR) is 118 cm³/mol. The van der Waals surface area contributed by atoms with Crippen LogP contribution < -0.4 is 10.1 Å². The first kappa shape index (κ1) is 20.9. The second-order valence-corrected chi connectivity index (χ2v) is 7.72. The van der Waals surface area contributed by atoms with E-state index < -0.39 is 0 Å². The minimum atomic E-state index is -0.0371. The quantitative estimate of drug-likeness (QED) is 0.531. The first-order valence-corrected chi connectivity index (χ1v) is 10.3. The van der Waals surface area contributed by atoms with Gasteiger partial charge in [0.15, 0.2) is 0 Å². The van der Waals surface area contributed by atoms with Crippen LogP contribution in [0.5, 0.6) is 5.75 Å². The van der Waals surface area contributed by atoms with Crippen LogP contribution in [-0.4, -0.2) is 36.5 Å². The molecule has 0 atom stereocenters. The molecule has 0 unspecified atom stereocenters. The fourth-order valence-electron chi connectivity index (χ4n) is 2.91. The fraction of sp³-hybridized carbons (Fsp3) is 0.217. The van der Waals surface area contributed by atoms with Gasteiger partial charge in [-0.15, -0.1) is 11.8 Å². The van der Waals surface area contributed by atoms with Crippen molar-refractivity contribution in [1.82, 2.24) is 9.88 Å². The number of carbonyl (C=O) groups is 1. The van der Waals surface area contributed by atoms with Crippen molar-refractivity contribution in [1.29, 1.82) is 0 Å². The van der Waals surface area contributed by atoms with E-state index in [1.165, 1.54) is 0 Å². The summed E-state index contributed by atoms with van der Waals surface area (Å²) in [4.78, 5) is 18.7. The Morgan fingerprint density at radius 1 is 1.07 bits per heavy atom. The number of hydrogen-bond donors (Lipinski definition) is 1. The van der Waals surface area contributed by atoms with Crippen molar-refractivity contribution in [3.8, 4) is 5.75 Å². The normalized spacial score (nSPS) is 10.7. The maximum Gasteiger partial charge on any atom is 0.238 e. The third kappa shape index (κ3) is 6.93. The first-order valence-electron chi connectivity index (χ1n) is 9.36. The SMILES string of the molecule is COc1cccc(CN(C)CC(=O)Nc2cccc(CSc3ccccn3)c2)c1. The molecular formula is C23H25N3O2S. The second-order valence-electron chi connectivity index (χ2n) is 6.73. The van der Waals surface area contributed by atoms with Crippen molar-refractivity contribution < 1.29 is 9.53 Å². The number of carbonyl (C=O) groups excluding carboxylic acids is 1. The number of ether oxygens (including phenoxy) is 1. The molecule has 5 nitrogen and oxygen atoms in total. The van der Waals surface area contributed by atoms with E-state index in [-0.39, 0.29) is 5.91 Å². The van der Waals surface area contributed by atoms with Gasteiger partial charge < -0.3 is 10.1 Å². The highest BCUT2D eigenvalue weighted by Crippen LogP contribution is 2.22. The summed E-state index contributed by atoms with van der Waals surface area (Å²) in [6, 6.07) is 21.7. The van der Waals surface area contributed by atoms with Crippen molar-refractivity contribution in [3.05, 3.63) is 84.1 Å². The number of nitrogens with one attached hydrogen (secondary N) is 1. The van der Waals surface area contributed by atoms with Crippen LogP contribution >= 0.6 is 11.8 Å². The van der Waals surface area contributed by atoms with E-state index in [4.69, 9.17) is 4.74 Å². The molecule has 0 bridgehead atoms. The van der Waals surface area contributed by atoms with Gasteiger partial charge in [-0.3, -0.25) is 9.69 Å². The van der Waals surface area contributed by atoms with E-state index >= 15 is 0 Å². The largest absolute Gasteiger partial charge is 0.497 e. The third-order valence-corrected chi connectivity index (χ3v) is 5.25. The minimum absolute atomic E-state index is 0.0371. The van der Waals surface area contributed by atoms with Gasteiger partial charge in [0.2, 0.25) is 5.91 Å². The molecule has 0 aliphatic heterocycles. The molecule has 0 aliphatic carbocycles. The second kappa shape index (κ2) is 10.6. The van der Waals surface area contributed by atoms with E-state index in [1.807, 2.05) is 72.6 Å². The van der Waals surface area contributed by atoms with E-state index in [9.17, 15) is 4.79 Å². The standard InChI is InChI=1S/C23H25N3O2S/c1-26(15-18-7-6-10-21(14-18)28-2)16-22(27)25-20-9-5-8-19(13-20)17-29-23-11-3-4-12-24-23/h3-14H,15-17H2,1-2H3,(H,25,27). The molecule has 0 saturated carbocycles. The fourth-order valence-corrected chi connectivity index (χ4v) is 3.72. The summed E-state index contributed by atoms with van der Waals surface area (Å²) in [6.45, 7) is 0.982. The summed E-state index contributed by atoms with van der Waals surface area (Å²) in [5.41, 5.74) is 3.06. The van der Waals surface area contributed by atoms with Gasteiger partial charge in [-0.1, -0.05) is 30.3 Å². The molecule has 1 amide bonds. The summed E-state index contributed by atoms with van der Waals surface area (Å²) in [5.74, 6) is 1.59. The van der Waals surface area contributed by atoms with Gasteiger partial charge in [0.05, 0.1) is 18.7 Å². The van der Waals surface area contributed by atoms with Crippen LogP contribution in [-0.2, 0) is 17.1 Å². The van der Waals surface area contributed by atoms with E-state index in [0.717, 1.165) is 33.3 Å². The first-order chi connectivity index (χ1) is 14.1. The predicted octanol–water partition coefficient (Wildman–Crippen LogP) is 4.45. The summed E-state index contributed by atoms with van der Waals surface area (Å²) in [6.07, 6.45) is 1.79. The van der Waals surface area contributed by atoms with Crippen LogP contribution in [0.15, 0.2) is 78.0 Å². The Balaban J connectivity index is 1.50. The van der Waals surface area contributed by atoms with Crippen LogP contribution in [0.4, 0.5) is 5.69 Å². The van der Waals surface area contributed by atoms with E-state index in [1.54, 1.807) is 25.1 Å². The molecule has 6 heteroatoms. The summed E-state index contributed by atoms with van der Waals surface area (Å²) >= 11 is 1.67. The molecule has 3 rings (SSSR count). The van der Waals surface area contributed by atoms with Crippen LogP contribution in [0.25, 0.3) is 0 Å². The Morgan fingerprint density at radius 3 is 2.69 bits per heavy atom. The number of pyridine rings is 1. The number of amides is 1. The zero-order valence-corrected chi connectivity index (χ0v) is 17.5. The van der Waals surface area contributed by atoms with Crippen molar-refractivity contribution in [3.63, 3.8) is 0 Å². The number of benzene rings is 2. The Labute approximate surface area is 176 Å². The average molecular weight is 408 g/mol. The van der Waals surface area contributed by atoms with Crippen molar-refractivity contribution in [2.24, 2.45) is 0 Å². The molecule has 2 aromatic carbocycles. The van der Waals surface area contributed by atoms with E-state index in [0.29, 0.717) is 13.1 Å². The highest BCUT2D eigenvalue weighted by Gasteiger charge is 2.09. The van der Waals surface area contributed by atoms with Gasteiger partial charge in [-0.05, 0) is 54.6 Å². The molecule has 1 aromatic heterocycles. The molecule has 0 radical (unpaired) electrons.